The molecule has 0 spiro atoms. The van der Waals surface area contributed by atoms with Crippen LogP contribution in [0.2, 0.25) is 0 Å². The fraction of sp³-hybridized carbons (Fsp3) is 0.500. The van der Waals surface area contributed by atoms with Gasteiger partial charge in [0.05, 0.1) is 19.1 Å². The average molecular weight is 234 g/mol. The van der Waals surface area contributed by atoms with Crippen molar-refractivity contribution in [2.75, 3.05) is 6.61 Å². The molecule has 2 rings (SSSR count). The van der Waals surface area contributed by atoms with Crippen molar-refractivity contribution in [1.82, 2.24) is 0 Å². The lowest BCUT2D eigenvalue weighted by Gasteiger charge is -2.10. The summed E-state index contributed by atoms with van der Waals surface area (Å²) in [7, 11) is 0. The van der Waals surface area contributed by atoms with Gasteiger partial charge in [-0.05, 0) is 36.8 Å². The van der Waals surface area contributed by atoms with E-state index in [1.165, 1.54) is 18.4 Å². The first-order valence-corrected chi connectivity index (χ1v) is 6.14. The molecule has 1 aliphatic carbocycles. The predicted octanol–water partition coefficient (Wildman–Crippen LogP) is 2.55. The summed E-state index contributed by atoms with van der Waals surface area (Å²) in [5, 5.41) is 9.86. The van der Waals surface area contributed by atoms with Crippen LogP contribution in [0.15, 0.2) is 24.3 Å². The fourth-order valence-electron chi connectivity index (χ4n) is 1.90. The maximum atomic E-state index is 11.2. The molecule has 0 amide bonds. The number of carbonyl (C=O) groups is 1. The lowest BCUT2D eigenvalue weighted by molar-refractivity contribution is -0.145. The van der Waals surface area contributed by atoms with E-state index in [0.29, 0.717) is 12.5 Å². The molecule has 1 N–H and O–H groups in total. The number of benzene rings is 1. The molecule has 0 aliphatic heterocycles. The largest absolute Gasteiger partial charge is 0.466 e. The quantitative estimate of drug-likeness (QED) is 0.796. The molecular formula is C14H18O3. The van der Waals surface area contributed by atoms with Gasteiger partial charge in [0, 0.05) is 0 Å². The second-order valence-corrected chi connectivity index (χ2v) is 4.47. The summed E-state index contributed by atoms with van der Waals surface area (Å²) in [5.41, 5.74) is 2.11. The van der Waals surface area contributed by atoms with Gasteiger partial charge in [0.2, 0.25) is 0 Å². The first kappa shape index (κ1) is 12.1. The Balaban J connectivity index is 1.93. The lowest BCUT2D eigenvalue weighted by atomic mass is 10.0. The SMILES string of the molecule is CCOC(=O)CC(O)c1ccc(C2CC2)cc1. The number of ether oxygens (including phenoxy) is 1. The Labute approximate surface area is 101 Å². The summed E-state index contributed by atoms with van der Waals surface area (Å²) in [6.07, 6.45) is 1.80. The number of hydrogen-bond donors (Lipinski definition) is 1. The first-order chi connectivity index (χ1) is 8.20. The Hall–Kier alpha value is -1.35. The third-order valence-corrected chi connectivity index (χ3v) is 3.04. The highest BCUT2D eigenvalue weighted by molar-refractivity contribution is 5.70. The van der Waals surface area contributed by atoms with Gasteiger partial charge >= 0.3 is 5.97 Å². The molecule has 1 saturated carbocycles. The third kappa shape index (κ3) is 3.30. The molecule has 1 atom stereocenters. The van der Waals surface area contributed by atoms with Crippen molar-refractivity contribution < 1.29 is 14.6 Å². The molecule has 92 valence electrons. The molecule has 0 saturated heterocycles. The van der Waals surface area contributed by atoms with Crippen molar-refractivity contribution in [1.29, 1.82) is 0 Å². The van der Waals surface area contributed by atoms with Gasteiger partial charge in [-0.25, -0.2) is 0 Å². The van der Waals surface area contributed by atoms with E-state index in [-0.39, 0.29) is 12.4 Å². The monoisotopic (exact) mass is 234 g/mol. The average Bonchev–Trinajstić information content (AvgIpc) is 3.13. The topological polar surface area (TPSA) is 46.5 Å². The Kier molecular flexibility index (Phi) is 3.79. The Morgan fingerprint density at radius 2 is 2.06 bits per heavy atom. The highest BCUT2D eigenvalue weighted by atomic mass is 16.5. The van der Waals surface area contributed by atoms with E-state index in [9.17, 15) is 9.90 Å². The number of carbonyl (C=O) groups excluding carboxylic acids is 1. The molecule has 3 nitrogen and oxygen atoms in total. The summed E-state index contributed by atoms with van der Waals surface area (Å²) in [6, 6.07) is 7.89. The van der Waals surface area contributed by atoms with Crippen molar-refractivity contribution in [3.63, 3.8) is 0 Å². The number of rotatable bonds is 5. The highest BCUT2D eigenvalue weighted by Crippen LogP contribution is 2.40. The van der Waals surface area contributed by atoms with Gasteiger partial charge in [-0.2, -0.15) is 0 Å². The van der Waals surface area contributed by atoms with E-state index in [1.54, 1.807) is 6.92 Å². The van der Waals surface area contributed by atoms with Crippen LogP contribution in [0.5, 0.6) is 0 Å². The van der Waals surface area contributed by atoms with Crippen molar-refractivity contribution in [3.8, 4) is 0 Å². The maximum absolute atomic E-state index is 11.2. The minimum Gasteiger partial charge on any atom is -0.466 e. The summed E-state index contributed by atoms with van der Waals surface area (Å²) in [6.45, 7) is 2.11. The summed E-state index contributed by atoms with van der Waals surface area (Å²) >= 11 is 0. The zero-order valence-electron chi connectivity index (χ0n) is 10.1. The van der Waals surface area contributed by atoms with Gasteiger partial charge in [0.1, 0.15) is 0 Å². The minimum atomic E-state index is -0.762. The van der Waals surface area contributed by atoms with E-state index in [0.717, 1.165) is 5.56 Å². The standard InChI is InChI=1S/C14H18O3/c1-2-17-14(16)9-13(15)12-7-5-11(6-8-12)10-3-4-10/h5-8,10,13,15H,2-4,9H2,1H3. The van der Waals surface area contributed by atoms with Crippen LogP contribution in [0.3, 0.4) is 0 Å². The van der Waals surface area contributed by atoms with Crippen LogP contribution in [0.4, 0.5) is 0 Å². The molecule has 1 aromatic rings. The summed E-state index contributed by atoms with van der Waals surface area (Å²) in [5.74, 6) is 0.359. The summed E-state index contributed by atoms with van der Waals surface area (Å²) < 4.78 is 4.81. The minimum absolute atomic E-state index is 0.0244. The molecule has 1 aliphatic rings. The third-order valence-electron chi connectivity index (χ3n) is 3.04. The number of aliphatic hydroxyl groups excluding tert-OH is 1. The zero-order valence-corrected chi connectivity index (χ0v) is 10.1. The number of hydrogen-bond acceptors (Lipinski definition) is 3. The molecule has 0 radical (unpaired) electrons. The predicted molar refractivity (Wildman–Crippen MR) is 64.6 cm³/mol. The van der Waals surface area contributed by atoms with E-state index in [2.05, 4.69) is 0 Å². The molecular weight excluding hydrogens is 216 g/mol. The van der Waals surface area contributed by atoms with Crippen LogP contribution in [0, 0.1) is 0 Å². The van der Waals surface area contributed by atoms with Gasteiger partial charge in [-0.15, -0.1) is 0 Å². The van der Waals surface area contributed by atoms with Gasteiger partial charge in [0.25, 0.3) is 0 Å². The van der Waals surface area contributed by atoms with E-state index >= 15 is 0 Å². The smallest absolute Gasteiger partial charge is 0.308 e. The van der Waals surface area contributed by atoms with Crippen molar-refractivity contribution in [2.24, 2.45) is 0 Å². The van der Waals surface area contributed by atoms with Crippen LogP contribution in [-0.2, 0) is 9.53 Å². The van der Waals surface area contributed by atoms with E-state index in [4.69, 9.17) is 4.74 Å². The van der Waals surface area contributed by atoms with Crippen LogP contribution in [-0.4, -0.2) is 17.7 Å². The molecule has 0 aromatic heterocycles. The molecule has 1 fully saturated rings. The highest BCUT2D eigenvalue weighted by Gasteiger charge is 2.23. The van der Waals surface area contributed by atoms with E-state index < -0.39 is 6.10 Å². The summed E-state index contributed by atoms with van der Waals surface area (Å²) in [4.78, 5) is 11.2. The van der Waals surface area contributed by atoms with Crippen LogP contribution in [0.1, 0.15) is 49.3 Å². The molecule has 1 aromatic carbocycles. The van der Waals surface area contributed by atoms with Crippen LogP contribution < -0.4 is 0 Å². The Morgan fingerprint density at radius 1 is 1.41 bits per heavy atom. The van der Waals surface area contributed by atoms with Crippen molar-refractivity contribution in [3.05, 3.63) is 35.4 Å². The van der Waals surface area contributed by atoms with Gasteiger partial charge in [-0.1, -0.05) is 24.3 Å². The molecule has 17 heavy (non-hydrogen) atoms. The number of esters is 1. The normalized spacial score (nSPS) is 16.6. The Bertz CT molecular complexity index is 379. The van der Waals surface area contributed by atoms with Crippen LogP contribution >= 0.6 is 0 Å². The van der Waals surface area contributed by atoms with Gasteiger partial charge < -0.3 is 9.84 Å². The molecule has 0 bridgehead atoms. The fourth-order valence-corrected chi connectivity index (χ4v) is 1.90. The van der Waals surface area contributed by atoms with Gasteiger partial charge in [-0.3, -0.25) is 4.79 Å². The second kappa shape index (κ2) is 5.32. The molecule has 3 heteroatoms. The molecule has 0 heterocycles. The maximum Gasteiger partial charge on any atom is 0.308 e. The van der Waals surface area contributed by atoms with Gasteiger partial charge in [0.15, 0.2) is 0 Å². The molecule has 1 unspecified atom stereocenters. The van der Waals surface area contributed by atoms with E-state index in [1.807, 2.05) is 24.3 Å². The first-order valence-electron chi connectivity index (χ1n) is 6.14. The second-order valence-electron chi connectivity index (χ2n) is 4.47. The van der Waals surface area contributed by atoms with Crippen LogP contribution in [0.25, 0.3) is 0 Å². The zero-order chi connectivity index (χ0) is 12.3. The number of aliphatic hydroxyl groups is 1. The lowest BCUT2D eigenvalue weighted by Crippen LogP contribution is -2.10. The Morgan fingerprint density at radius 3 is 2.59 bits per heavy atom. The van der Waals surface area contributed by atoms with Crippen molar-refractivity contribution in [2.45, 2.75) is 38.2 Å². The van der Waals surface area contributed by atoms with Crippen molar-refractivity contribution >= 4 is 5.97 Å².